The molecular formula is C13H10Br2N2O2. The molecule has 2 aromatic rings. The van der Waals surface area contributed by atoms with Crippen molar-refractivity contribution in [2.45, 2.75) is 6.54 Å². The lowest BCUT2D eigenvalue weighted by Crippen LogP contribution is -2.00. The van der Waals surface area contributed by atoms with Crippen LogP contribution in [0, 0.1) is 10.1 Å². The molecule has 0 heterocycles. The van der Waals surface area contributed by atoms with Gasteiger partial charge in [0.2, 0.25) is 0 Å². The molecule has 6 heteroatoms. The number of hydrogen-bond acceptors (Lipinski definition) is 3. The molecule has 19 heavy (non-hydrogen) atoms. The molecule has 98 valence electrons. The first-order valence-corrected chi connectivity index (χ1v) is 7.08. The highest BCUT2D eigenvalue weighted by molar-refractivity contribution is 9.10. The number of anilines is 1. The van der Waals surface area contributed by atoms with Crippen LogP contribution in [0.25, 0.3) is 0 Å². The summed E-state index contributed by atoms with van der Waals surface area (Å²) in [5, 5.41) is 13.9. The number of nitro groups is 1. The molecule has 0 fully saturated rings. The molecule has 0 spiro atoms. The minimum absolute atomic E-state index is 0.0615. The Morgan fingerprint density at radius 2 is 1.84 bits per heavy atom. The van der Waals surface area contributed by atoms with Crippen LogP contribution < -0.4 is 5.32 Å². The van der Waals surface area contributed by atoms with Gasteiger partial charge in [-0.05, 0) is 39.7 Å². The number of halogens is 2. The molecule has 2 aromatic carbocycles. The van der Waals surface area contributed by atoms with Gasteiger partial charge in [-0.3, -0.25) is 10.1 Å². The molecule has 0 aromatic heterocycles. The number of nitrogens with zero attached hydrogens (tertiary/aromatic N) is 1. The van der Waals surface area contributed by atoms with Gasteiger partial charge in [-0.1, -0.05) is 34.1 Å². The van der Waals surface area contributed by atoms with E-state index in [1.807, 2.05) is 24.3 Å². The summed E-state index contributed by atoms with van der Waals surface area (Å²) in [6.07, 6.45) is 0. The fraction of sp³-hybridized carbons (Fsp3) is 0.0769. The topological polar surface area (TPSA) is 55.2 Å². The zero-order chi connectivity index (χ0) is 13.8. The Labute approximate surface area is 127 Å². The van der Waals surface area contributed by atoms with E-state index in [-0.39, 0.29) is 5.69 Å². The molecule has 0 unspecified atom stereocenters. The molecule has 0 saturated carbocycles. The van der Waals surface area contributed by atoms with Crippen molar-refractivity contribution < 1.29 is 4.92 Å². The maximum Gasteiger partial charge on any atom is 0.283 e. The van der Waals surface area contributed by atoms with Gasteiger partial charge in [-0.2, -0.15) is 0 Å². The smallest absolute Gasteiger partial charge is 0.283 e. The van der Waals surface area contributed by atoms with Crippen molar-refractivity contribution in [1.82, 2.24) is 0 Å². The van der Waals surface area contributed by atoms with Gasteiger partial charge in [0, 0.05) is 22.8 Å². The van der Waals surface area contributed by atoms with Gasteiger partial charge >= 0.3 is 0 Å². The quantitative estimate of drug-likeness (QED) is 0.611. The molecule has 0 amide bonds. The largest absolute Gasteiger partial charge is 0.381 e. The lowest BCUT2D eigenvalue weighted by molar-refractivity contribution is -0.385. The fourth-order valence-electron chi connectivity index (χ4n) is 1.60. The second-order valence-electron chi connectivity index (χ2n) is 3.87. The second kappa shape index (κ2) is 6.16. The summed E-state index contributed by atoms with van der Waals surface area (Å²) in [4.78, 5) is 10.3. The zero-order valence-corrected chi connectivity index (χ0v) is 12.9. The summed E-state index contributed by atoms with van der Waals surface area (Å²) in [5.41, 5.74) is 2.01. The van der Waals surface area contributed by atoms with E-state index in [0.717, 1.165) is 15.7 Å². The molecule has 0 atom stereocenters. The molecule has 4 nitrogen and oxygen atoms in total. The van der Waals surface area contributed by atoms with Crippen molar-refractivity contribution in [3.05, 3.63) is 67.1 Å². The molecule has 2 rings (SSSR count). The first-order valence-electron chi connectivity index (χ1n) is 5.49. The first kappa shape index (κ1) is 14.0. The number of benzene rings is 2. The Balaban J connectivity index is 2.11. The van der Waals surface area contributed by atoms with E-state index in [9.17, 15) is 10.1 Å². The van der Waals surface area contributed by atoms with Gasteiger partial charge in [0.05, 0.1) is 9.40 Å². The lowest BCUT2D eigenvalue weighted by atomic mass is 10.2. The van der Waals surface area contributed by atoms with E-state index in [1.54, 1.807) is 12.1 Å². The third-order valence-electron chi connectivity index (χ3n) is 2.59. The maximum atomic E-state index is 10.7. The van der Waals surface area contributed by atoms with Crippen LogP contribution in [0.4, 0.5) is 11.4 Å². The minimum Gasteiger partial charge on any atom is -0.381 e. The van der Waals surface area contributed by atoms with Gasteiger partial charge in [-0.25, -0.2) is 0 Å². The van der Waals surface area contributed by atoms with Crippen molar-refractivity contribution in [2.24, 2.45) is 0 Å². The zero-order valence-electron chi connectivity index (χ0n) is 9.77. The highest BCUT2D eigenvalue weighted by Crippen LogP contribution is 2.28. The van der Waals surface area contributed by atoms with E-state index in [0.29, 0.717) is 11.0 Å². The van der Waals surface area contributed by atoms with Crippen LogP contribution in [0.15, 0.2) is 51.4 Å². The summed E-state index contributed by atoms with van der Waals surface area (Å²) < 4.78 is 1.50. The van der Waals surface area contributed by atoms with Crippen molar-refractivity contribution >= 4 is 43.2 Å². The van der Waals surface area contributed by atoms with Crippen LogP contribution in [0.1, 0.15) is 5.56 Å². The molecule has 0 aliphatic rings. The average molecular weight is 386 g/mol. The van der Waals surface area contributed by atoms with Crippen LogP contribution in [0.5, 0.6) is 0 Å². The molecule has 0 radical (unpaired) electrons. The summed E-state index contributed by atoms with van der Waals surface area (Å²) in [6, 6.07) is 12.8. The fourth-order valence-corrected chi connectivity index (χ4v) is 2.55. The Kier molecular flexibility index (Phi) is 4.55. The van der Waals surface area contributed by atoms with Crippen molar-refractivity contribution in [1.29, 1.82) is 0 Å². The number of nitro benzene ring substituents is 1. The van der Waals surface area contributed by atoms with Crippen molar-refractivity contribution in [3.8, 4) is 0 Å². The average Bonchev–Trinajstić information content (AvgIpc) is 2.37. The maximum absolute atomic E-state index is 10.7. The van der Waals surface area contributed by atoms with E-state index in [2.05, 4.69) is 37.2 Å². The summed E-state index contributed by atoms with van der Waals surface area (Å²) >= 11 is 6.67. The SMILES string of the molecule is O=[N+]([O-])c1ccc(NCc2ccccc2Br)cc1Br. The molecule has 0 saturated heterocycles. The predicted molar refractivity (Wildman–Crippen MR) is 82.3 cm³/mol. The normalized spacial score (nSPS) is 10.2. The highest BCUT2D eigenvalue weighted by Gasteiger charge is 2.11. The van der Waals surface area contributed by atoms with Gasteiger partial charge in [0.15, 0.2) is 0 Å². The summed E-state index contributed by atoms with van der Waals surface area (Å²) in [5.74, 6) is 0. The predicted octanol–water partition coefficient (Wildman–Crippen LogP) is 4.73. The Hall–Kier alpha value is -1.40. The standard InChI is InChI=1S/C13H10Br2N2O2/c14-11-4-2-1-3-9(11)8-16-10-5-6-13(17(18)19)12(15)7-10/h1-7,16H,8H2. The Morgan fingerprint density at radius 1 is 1.11 bits per heavy atom. The third kappa shape index (κ3) is 3.54. The van der Waals surface area contributed by atoms with E-state index >= 15 is 0 Å². The molecular weight excluding hydrogens is 376 g/mol. The highest BCUT2D eigenvalue weighted by atomic mass is 79.9. The number of nitrogens with one attached hydrogen (secondary N) is 1. The van der Waals surface area contributed by atoms with Gasteiger partial charge in [-0.15, -0.1) is 0 Å². The van der Waals surface area contributed by atoms with Crippen LogP contribution in [-0.4, -0.2) is 4.92 Å². The van der Waals surface area contributed by atoms with Crippen LogP contribution in [-0.2, 0) is 6.54 Å². The van der Waals surface area contributed by atoms with Crippen LogP contribution in [0.3, 0.4) is 0 Å². The number of rotatable bonds is 4. The number of hydrogen-bond donors (Lipinski definition) is 1. The van der Waals surface area contributed by atoms with Crippen molar-refractivity contribution in [3.63, 3.8) is 0 Å². The molecule has 0 bridgehead atoms. The van der Waals surface area contributed by atoms with Crippen LogP contribution >= 0.6 is 31.9 Å². The van der Waals surface area contributed by atoms with E-state index in [4.69, 9.17) is 0 Å². The van der Waals surface area contributed by atoms with E-state index < -0.39 is 4.92 Å². The van der Waals surface area contributed by atoms with E-state index in [1.165, 1.54) is 6.07 Å². The monoisotopic (exact) mass is 384 g/mol. The lowest BCUT2D eigenvalue weighted by Gasteiger charge is -2.08. The van der Waals surface area contributed by atoms with Gasteiger partial charge in [0.25, 0.3) is 5.69 Å². The Morgan fingerprint density at radius 3 is 2.47 bits per heavy atom. The summed E-state index contributed by atoms with van der Waals surface area (Å²) in [7, 11) is 0. The summed E-state index contributed by atoms with van der Waals surface area (Å²) in [6.45, 7) is 0.645. The minimum atomic E-state index is -0.415. The molecule has 0 aliphatic carbocycles. The second-order valence-corrected chi connectivity index (χ2v) is 5.58. The molecule has 0 aliphatic heterocycles. The van der Waals surface area contributed by atoms with Crippen LogP contribution in [0.2, 0.25) is 0 Å². The first-order chi connectivity index (χ1) is 9.08. The van der Waals surface area contributed by atoms with Gasteiger partial charge in [0.1, 0.15) is 0 Å². The van der Waals surface area contributed by atoms with Crippen molar-refractivity contribution in [2.75, 3.05) is 5.32 Å². The molecule has 1 N–H and O–H groups in total. The Bertz CT molecular complexity index is 617. The van der Waals surface area contributed by atoms with Gasteiger partial charge < -0.3 is 5.32 Å². The third-order valence-corrected chi connectivity index (χ3v) is 3.99.